The van der Waals surface area contributed by atoms with E-state index >= 15 is 0 Å². The molecule has 0 amide bonds. The van der Waals surface area contributed by atoms with Crippen LogP contribution in [0.3, 0.4) is 0 Å². The van der Waals surface area contributed by atoms with E-state index in [-0.39, 0.29) is 10.7 Å². The van der Waals surface area contributed by atoms with Gasteiger partial charge in [0.2, 0.25) is 0 Å². The molecule has 0 saturated carbocycles. The van der Waals surface area contributed by atoms with Crippen molar-refractivity contribution < 1.29 is 8.78 Å². The first-order chi connectivity index (χ1) is 8.54. The first-order valence-corrected chi connectivity index (χ1v) is 6.78. The van der Waals surface area contributed by atoms with Crippen LogP contribution in [0.2, 0.25) is 10.0 Å². The lowest BCUT2D eigenvalue weighted by molar-refractivity contribution is 0.142. The molecule has 2 aromatic rings. The molecule has 18 heavy (non-hydrogen) atoms. The van der Waals surface area contributed by atoms with Crippen LogP contribution in [0.5, 0.6) is 0 Å². The van der Waals surface area contributed by atoms with E-state index in [9.17, 15) is 8.78 Å². The van der Waals surface area contributed by atoms with Crippen LogP contribution in [0.25, 0.3) is 5.69 Å². The maximum Gasteiger partial charge on any atom is 0.280 e. The van der Waals surface area contributed by atoms with Gasteiger partial charge in [-0.25, -0.2) is 13.5 Å². The van der Waals surface area contributed by atoms with Crippen LogP contribution < -0.4 is 0 Å². The first kappa shape index (κ1) is 13.8. The molecule has 0 radical (unpaired) electrons. The van der Waals surface area contributed by atoms with E-state index in [2.05, 4.69) is 21.0 Å². The van der Waals surface area contributed by atoms with E-state index < -0.39 is 6.43 Å². The molecular weight excluding hydrogens is 349 g/mol. The molecular formula is C11H7BrCl2F2N2. The van der Waals surface area contributed by atoms with Crippen molar-refractivity contribution in [2.75, 3.05) is 0 Å². The SMILES string of the molecule is FC(F)c1c(CBr)cnn1-c1ccc(Cl)cc1Cl. The Morgan fingerprint density at radius 1 is 1.33 bits per heavy atom. The third-order valence-corrected chi connectivity index (χ3v) is 3.52. The Hall–Kier alpha value is -0.650. The van der Waals surface area contributed by atoms with Crippen LogP contribution in [0.15, 0.2) is 24.4 Å². The van der Waals surface area contributed by atoms with Crippen molar-refractivity contribution in [3.8, 4) is 5.69 Å². The third-order valence-electron chi connectivity index (χ3n) is 2.37. The topological polar surface area (TPSA) is 17.8 Å². The van der Waals surface area contributed by atoms with Gasteiger partial charge in [-0.05, 0) is 18.2 Å². The molecule has 0 atom stereocenters. The average Bonchev–Trinajstić information content (AvgIpc) is 2.72. The molecule has 1 heterocycles. The Kier molecular flexibility index (Phi) is 4.25. The largest absolute Gasteiger partial charge is 0.280 e. The van der Waals surface area contributed by atoms with Gasteiger partial charge in [-0.15, -0.1) is 0 Å². The fraction of sp³-hybridized carbons (Fsp3) is 0.182. The minimum absolute atomic E-state index is 0.170. The average molecular weight is 356 g/mol. The van der Waals surface area contributed by atoms with Gasteiger partial charge in [0.05, 0.1) is 16.9 Å². The van der Waals surface area contributed by atoms with Gasteiger partial charge >= 0.3 is 0 Å². The summed E-state index contributed by atoms with van der Waals surface area (Å²) in [6, 6.07) is 4.62. The van der Waals surface area contributed by atoms with Gasteiger partial charge in [0.25, 0.3) is 6.43 Å². The Balaban J connectivity index is 2.60. The molecule has 96 valence electrons. The summed E-state index contributed by atoms with van der Waals surface area (Å²) in [6.45, 7) is 0. The van der Waals surface area contributed by atoms with E-state index in [0.717, 1.165) is 4.68 Å². The minimum Gasteiger partial charge on any atom is -0.230 e. The highest BCUT2D eigenvalue weighted by Gasteiger charge is 2.21. The minimum atomic E-state index is -2.63. The Morgan fingerprint density at radius 3 is 2.61 bits per heavy atom. The predicted molar refractivity (Wildman–Crippen MR) is 71.2 cm³/mol. The summed E-state index contributed by atoms with van der Waals surface area (Å²) in [4.78, 5) is 0. The van der Waals surface area contributed by atoms with E-state index in [4.69, 9.17) is 23.2 Å². The second kappa shape index (κ2) is 5.55. The number of hydrogen-bond donors (Lipinski definition) is 0. The Bertz CT molecular complexity index is 572. The summed E-state index contributed by atoms with van der Waals surface area (Å²) in [5, 5.41) is 4.96. The highest BCUT2D eigenvalue weighted by atomic mass is 79.9. The molecule has 0 bridgehead atoms. The quantitative estimate of drug-likeness (QED) is 0.707. The van der Waals surface area contributed by atoms with Crippen molar-refractivity contribution in [1.82, 2.24) is 9.78 Å². The van der Waals surface area contributed by atoms with Crippen molar-refractivity contribution in [2.45, 2.75) is 11.8 Å². The van der Waals surface area contributed by atoms with Gasteiger partial charge in [0.15, 0.2) is 0 Å². The third kappa shape index (κ3) is 2.53. The number of aromatic nitrogens is 2. The maximum absolute atomic E-state index is 13.1. The van der Waals surface area contributed by atoms with Crippen LogP contribution in [-0.2, 0) is 5.33 Å². The first-order valence-electron chi connectivity index (χ1n) is 4.91. The second-order valence-corrected chi connectivity index (χ2v) is 4.90. The normalized spacial score (nSPS) is 11.2. The number of alkyl halides is 3. The molecule has 1 aromatic heterocycles. The smallest absolute Gasteiger partial charge is 0.230 e. The van der Waals surface area contributed by atoms with E-state index in [0.29, 0.717) is 21.6 Å². The number of hydrogen-bond acceptors (Lipinski definition) is 1. The summed E-state index contributed by atoms with van der Waals surface area (Å²) in [6.07, 6.45) is -1.24. The molecule has 0 N–H and O–H groups in total. The predicted octanol–water partition coefficient (Wildman–Crippen LogP) is 5.01. The van der Waals surface area contributed by atoms with Crippen LogP contribution >= 0.6 is 39.1 Å². The summed E-state index contributed by atoms with van der Waals surface area (Å²) in [5.74, 6) is 0. The monoisotopic (exact) mass is 354 g/mol. The van der Waals surface area contributed by atoms with Crippen molar-refractivity contribution >= 4 is 39.1 Å². The zero-order valence-corrected chi connectivity index (χ0v) is 12.0. The van der Waals surface area contributed by atoms with E-state index in [1.165, 1.54) is 12.3 Å². The van der Waals surface area contributed by atoms with Gasteiger partial charge in [-0.1, -0.05) is 39.1 Å². The molecule has 0 aliphatic heterocycles. The highest BCUT2D eigenvalue weighted by Crippen LogP contribution is 2.31. The standard InChI is InChI=1S/C11H7BrCl2F2N2/c12-4-6-5-17-18(10(6)11(15)16)9-2-1-7(13)3-8(9)14/h1-3,5,11H,4H2. The molecule has 2 rings (SSSR count). The van der Waals surface area contributed by atoms with Crippen LogP contribution in [0.1, 0.15) is 17.7 Å². The lowest BCUT2D eigenvalue weighted by Gasteiger charge is -2.10. The fourth-order valence-corrected chi connectivity index (χ4v) is 2.49. The van der Waals surface area contributed by atoms with Gasteiger partial charge in [0.1, 0.15) is 5.69 Å². The van der Waals surface area contributed by atoms with Gasteiger partial charge in [0, 0.05) is 15.9 Å². The summed E-state index contributed by atoms with van der Waals surface area (Å²) in [5.41, 5.74) is 0.635. The van der Waals surface area contributed by atoms with E-state index in [1.807, 2.05) is 0 Å². The van der Waals surface area contributed by atoms with Crippen molar-refractivity contribution in [2.24, 2.45) is 0 Å². The van der Waals surface area contributed by atoms with Crippen LogP contribution in [-0.4, -0.2) is 9.78 Å². The molecule has 1 aromatic carbocycles. The number of halogens is 5. The molecule has 0 spiro atoms. The van der Waals surface area contributed by atoms with Crippen LogP contribution in [0, 0.1) is 0 Å². The molecule has 7 heteroatoms. The molecule has 0 fully saturated rings. The lowest BCUT2D eigenvalue weighted by atomic mass is 10.2. The van der Waals surface area contributed by atoms with Gasteiger partial charge in [-0.3, -0.25) is 0 Å². The van der Waals surface area contributed by atoms with Crippen molar-refractivity contribution in [3.05, 3.63) is 45.7 Å². The van der Waals surface area contributed by atoms with E-state index in [1.54, 1.807) is 12.1 Å². The van der Waals surface area contributed by atoms with Crippen molar-refractivity contribution in [1.29, 1.82) is 0 Å². The zero-order chi connectivity index (χ0) is 13.3. The van der Waals surface area contributed by atoms with Crippen LogP contribution in [0.4, 0.5) is 8.78 Å². The molecule has 0 aliphatic carbocycles. The number of nitrogens with zero attached hydrogens (tertiary/aromatic N) is 2. The lowest BCUT2D eigenvalue weighted by Crippen LogP contribution is -2.04. The summed E-state index contributed by atoms with van der Waals surface area (Å²) < 4.78 is 27.2. The Labute approximate surface area is 121 Å². The number of rotatable bonds is 3. The Morgan fingerprint density at radius 2 is 2.06 bits per heavy atom. The van der Waals surface area contributed by atoms with Crippen molar-refractivity contribution in [3.63, 3.8) is 0 Å². The molecule has 2 nitrogen and oxygen atoms in total. The van der Waals surface area contributed by atoms with Gasteiger partial charge < -0.3 is 0 Å². The van der Waals surface area contributed by atoms with Gasteiger partial charge in [-0.2, -0.15) is 5.10 Å². The maximum atomic E-state index is 13.1. The number of benzene rings is 1. The fourth-order valence-electron chi connectivity index (χ4n) is 1.57. The molecule has 0 aliphatic rings. The summed E-state index contributed by atoms with van der Waals surface area (Å²) in [7, 11) is 0. The molecule has 0 unspecified atom stereocenters. The summed E-state index contributed by atoms with van der Waals surface area (Å²) >= 11 is 14.9. The highest BCUT2D eigenvalue weighted by molar-refractivity contribution is 9.08. The second-order valence-electron chi connectivity index (χ2n) is 3.50. The zero-order valence-electron chi connectivity index (χ0n) is 8.88. The molecule has 0 saturated heterocycles.